The third-order valence-electron chi connectivity index (χ3n) is 6.52. The van der Waals surface area contributed by atoms with E-state index in [1.807, 2.05) is 54.6 Å². The first-order valence-electron chi connectivity index (χ1n) is 9.87. The highest BCUT2D eigenvalue weighted by Gasteiger charge is 2.76. The molecule has 0 bridgehead atoms. The molecule has 5 rings (SSSR count). The van der Waals surface area contributed by atoms with Crippen molar-refractivity contribution in [1.82, 2.24) is 4.98 Å². The van der Waals surface area contributed by atoms with E-state index in [4.69, 9.17) is 9.47 Å². The molecule has 0 radical (unpaired) electrons. The van der Waals surface area contributed by atoms with Gasteiger partial charge < -0.3 is 24.5 Å². The molecule has 3 aromatic rings. The number of carbonyl (C=O) groups is 1. The van der Waals surface area contributed by atoms with Crippen LogP contribution in [0.15, 0.2) is 71.5 Å². The van der Waals surface area contributed by atoms with Crippen molar-refractivity contribution in [2.75, 3.05) is 7.11 Å². The van der Waals surface area contributed by atoms with E-state index in [0.29, 0.717) is 23.2 Å². The minimum atomic E-state index is -1.95. The highest BCUT2D eigenvalue weighted by molar-refractivity contribution is 9.10. The Morgan fingerprint density at radius 2 is 1.84 bits per heavy atom. The molecule has 0 spiro atoms. The zero-order valence-corrected chi connectivity index (χ0v) is 18.2. The predicted octanol–water partition coefficient (Wildman–Crippen LogP) is 3.30. The molecule has 7 heteroatoms. The summed E-state index contributed by atoms with van der Waals surface area (Å²) in [5.41, 5.74) is -1.72. The van der Waals surface area contributed by atoms with Crippen LogP contribution in [0.4, 0.5) is 0 Å². The molecule has 1 saturated carbocycles. The SMILES string of the molecule is COc1cncc2c1C1(O)[C@H](O)[C@H](C=O)[C@@H](c3ccccc3)[C@]1(c1ccc(Br)cc1)O2. The summed E-state index contributed by atoms with van der Waals surface area (Å²) in [4.78, 5) is 16.5. The van der Waals surface area contributed by atoms with Crippen LogP contribution in [0.5, 0.6) is 11.5 Å². The first-order valence-corrected chi connectivity index (χ1v) is 10.7. The Labute approximate surface area is 187 Å². The number of carbonyl (C=O) groups excluding carboxylic acids is 1. The summed E-state index contributed by atoms with van der Waals surface area (Å²) >= 11 is 3.45. The molecule has 1 fully saturated rings. The number of pyridine rings is 1. The van der Waals surface area contributed by atoms with Crippen LogP contribution in [0.1, 0.15) is 22.6 Å². The maximum absolute atomic E-state index is 12.3. The van der Waals surface area contributed by atoms with Crippen molar-refractivity contribution in [1.29, 1.82) is 0 Å². The van der Waals surface area contributed by atoms with Crippen LogP contribution in [0, 0.1) is 5.92 Å². The lowest BCUT2D eigenvalue weighted by Crippen LogP contribution is -2.52. The topological polar surface area (TPSA) is 88.9 Å². The van der Waals surface area contributed by atoms with Gasteiger partial charge in [0.1, 0.15) is 23.9 Å². The molecule has 1 aliphatic carbocycles. The first kappa shape index (κ1) is 20.2. The number of ether oxygens (including phenoxy) is 2. The molecule has 2 N–H and O–H groups in total. The Morgan fingerprint density at radius 1 is 1.13 bits per heavy atom. The Balaban J connectivity index is 1.88. The molecule has 0 amide bonds. The van der Waals surface area contributed by atoms with E-state index in [9.17, 15) is 15.0 Å². The van der Waals surface area contributed by atoms with Crippen LogP contribution in [-0.2, 0) is 16.0 Å². The van der Waals surface area contributed by atoms with E-state index in [-0.39, 0.29) is 5.75 Å². The van der Waals surface area contributed by atoms with Crippen LogP contribution in [0.2, 0.25) is 0 Å². The number of hydrogen-bond donors (Lipinski definition) is 2. The second-order valence-corrected chi connectivity index (χ2v) is 8.79. The van der Waals surface area contributed by atoms with Gasteiger partial charge in [0.25, 0.3) is 0 Å². The fourth-order valence-electron chi connectivity index (χ4n) is 5.29. The minimum absolute atomic E-state index is 0.288. The lowest BCUT2D eigenvalue weighted by molar-refractivity contribution is -0.152. The van der Waals surface area contributed by atoms with Crippen molar-refractivity contribution < 1.29 is 24.5 Å². The van der Waals surface area contributed by atoms with E-state index in [1.165, 1.54) is 19.5 Å². The van der Waals surface area contributed by atoms with Crippen molar-refractivity contribution in [2.45, 2.75) is 23.2 Å². The minimum Gasteiger partial charge on any atom is -0.495 e. The Bertz CT molecular complexity index is 1140. The van der Waals surface area contributed by atoms with E-state index in [0.717, 1.165) is 10.0 Å². The van der Waals surface area contributed by atoms with Crippen molar-refractivity contribution in [2.24, 2.45) is 5.92 Å². The Hall–Kier alpha value is -2.74. The third kappa shape index (κ3) is 2.51. The maximum Gasteiger partial charge on any atom is 0.177 e. The number of aliphatic hydroxyl groups excluding tert-OH is 1. The number of hydrogen-bond acceptors (Lipinski definition) is 6. The van der Waals surface area contributed by atoms with Crippen LogP contribution >= 0.6 is 15.9 Å². The van der Waals surface area contributed by atoms with Crippen LogP contribution in [0.3, 0.4) is 0 Å². The van der Waals surface area contributed by atoms with Crippen LogP contribution in [0.25, 0.3) is 0 Å². The lowest BCUT2D eigenvalue weighted by Gasteiger charge is -2.40. The van der Waals surface area contributed by atoms with Gasteiger partial charge in [-0.3, -0.25) is 4.98 Å². The summed E-state index contributed by atoms with van der Waals surface area (Å²) in [5.74, 6) is -0.975. The Morgan fingerprint density at radius 3 is 2.48 bits per heavy atom. The lowest BCUT2D eigenvalue weighted by atomic mass is 9.71. The second kappa shape index (κ2) is 7.15. The van der Waals surface area contributed by atoms with E-state index in [1.54, 1.807) is 0 Å². The van der Waals surface area contributed by atoms with Gasteiger partial charge in [0.2, 0.25) is 0 Å². The summed E-state index contributed by atoms with van der Waals surface area (Å²) < 4.78 is 12.9. The van der Waals surface area contributed by atoms with Crippen LogP contribution < -0.4 is 9.47 Å². The average Bonchev–Trinajstić information content (AvgIpc) is 3.18. The second-order valence-electron chi connectivity index (χ2n) is 7.87. The van der Waals surface area contributed by atoms with Crippen molar-refractivity contribution in [3.63, 3.8) is 0 Å². The summed E-state index contributed by atoms with van der Waals surface area (Å²) in [6.45, 7) is 0. The Kier molecular flexibility index (Phi) is 4.66. The number of halogens is 1. The van der Waals surface area contributed by atoms with Gasteiger partial charge in [0.15, 0.2) is 11.2 Å². The molecule has 1 aromatic heterocycles. The average molecular weight is 482 g/mol. The summed E-state index contributed by atoms with van der Waals surface area (Å²) in [7, 11) is 1.47. The number of nitrogens with zero attached hydrogens (tertiary/aromatic N) is 1. The molecule has 31 heavy (non-hydrogen) atoms. The zero-order valence-electron chi connectivity index (χ0n) is 16.6. The molecule has 1 aliphatic heterocycles. The fourth-order valence-corrected chi connectivity index (χ4v) is 5.56. The summed E-state index contributed by atoms with van der Waals surface area (Å²) in [6, 6.07) is 16.7. The van der Waals surface area contributed by atoms with Gasteiger partial charge in [-0.05, 0) is 23.3 Å². The number of rotatable bonds is 4. The molecular formula is C24H20BrNO5. The summed E-state index contributed by atoms with van der Waals surface area (Å²) in [5, 5.41) is 23.8. The normalized spacial score (nSPS) is 30.9. The van der Waals surface area contributed by atoms with Gasteiger partial charge in [-0.15, -0.1) is 0 Å². The molecule has 2 aliphatic rings. The summed E-state index contributed by atoms with van der Waals surface area (Å²) in [6.07, 6.45) is 2.24. The quantitative estimate of drug-likeness (QED) is 0.555. The van der Waals surface area contributed by atoms with Gasteiger partial charge in [0.05, 0.1) is 31.0 Å². The maximum atomic E-state index is 12.3. The number of benzene rings is 2. The molecule has 2 aromatic carbocycles. The van der Waals surface area contributed by atoms with Crippen molar-refractivity contribution >= 4 is 22.2 Å². The molecule has 0 saturated heterocycles. The van der Waals surface area contributed by atoms with Gasteiger partial charge in [-0.2, -0.15) is 0 Å². The van der Waals surface area contributed by atoms with Gasteiger partial charge in [0, 0.05) is 10.4 Å². The van der Waals surface area contributed by atoms with Crippen molar-refractivity contribution in [3.8, 4) is 11.5 Å². The molecular weight excluding hydrogens is 462 g/mol. The standard InChI is InChI=1S/C24H20BrNO5/c1-30-18-11-26-12-19-21(18)23(29)22(28)17(13-27)20(14-5-3-2-4-6-14)24(23,31-19)15-7-9-16(25)10-8-15/h2-13,17,20,22,28-29H,1H3/t17-,20-,22-,23?,24+/m1/s1. The highest BCUT2D eigenvalue weighted by Crippen LogP contribution is 2.69. The molecule has 158 valence electrons. The largest absolute Gasteiger partial charge is 0.495 e. The van der Waals surface area contributed by atoms with E-state index in [2.05, 4.69) is 20.9 Å². The fraction of sp³-hybridized carbons (Fsp3) is 0.250. The number of methoxy groups -OCH3 is 1. The molecule has 6 nitrogen and oxygen atoms in total. The van der Waals surface area contributed by atoms with Crippen molar-refractivity contribution in [3.05, 3.63) is 88.2 Å². The van der Waals surface area contributed by atoms with E-state index < -0.39 is 29.1 Å². The van der Waals surface area contributed by atoms with Crippen LogP contribution in [-0.4, -0.2) is 34.7 Å². The molecule has 1 unspecified atom stereocenters. The number of aliphatic hydroxyl groups is 2. The first-order chi connectivity index (χ1) is 15.0. The van der Waals surface area contributed by atoms with Gasteiger partial charge in [-0.25, -0.2) is 0 Å². The highest BCUT2D eigenvalue weighted by atomic mass is 79.9. The third-order valence-corrected chi connectivity index (χ3v) is 7.05. The number of aromatic nitrogens is 1. The van der Waals surface area contributed by atoms with Gasteiger partial charge >= 0.3 is 0 Å². The molecule has 5 atom stereocenters. The monoisotopic (exact) mass is 481 g/mol. The predicted molar refractivity (Wildman–Crippen MR) is 116 cm³/mol. The zero-order chi connectivity index (χ0) is 21.8. The van der Waals surface area contributed by atoms with Gasteiger partial charge in [-0.1, -0.05) is 58.4 Å². The number of fused-ring (bicyclic) bond motifs is 3. The molecule has 2 heterocycles. The number of aldehydes is 1. The van der Waals surface area contributed by atoms with E-state index >= 15 is 0 Å². The smallest absolute Gasteiger partial charge is 0.177 e.